The Labute approximate surface area is 233 Å². The summed E-state index contributed by atoms with van der Waals surface area (Å²) in [5.74, 6) is -6.63. The topological polar surface area (TPSA) is 126 Å². The van der Waals surface area contributed by atoms with Gasteiger partial charge in [0.2, 0.25) is 17.8 Å². The third kappa shape index (κ3) is 6.08. The summed E-state index contributed by atoms with van der Waals surface area (Å²) in [5.41, 5.74) is 2.32. The summed E-state index contributed by atoms with van der Waals surface area (Å²) in [6.45, 7) is 1.56. The molecule has 0 radical (unpaired) electrons. The van der Waals surface area contributed by atoms with Crippen LogP contribution in [0.4, 0.5) is 17.6 Å². The number of carbonyl (C=O) groups excluding carboxylic acids is 2. The zero-order valence-electron chi connectivity index (χ0n) is 22.6. The van der Waals surface area contributed by atoms with Crippen LogP contribution in [-0.2, 0) is 4.79 Å². The van der Waals surface area contributed by atoms with E-state index in [9.17, 15) is 27.2 Å². The summed E-state index contributed by atoms with van der Waals surface area (Å²) in [6, 6.07) is 4.42. The third-order valence-corrected chi connectivity index (χ3v) is 8.54. The molecule has 41 heavy (non-hydrogen) atoms. The first-order chi connectivity index (χ1) is 19.5. The van der Waals surface area contributed by atoms with Crippen LogP contribution in [-0.4, -0.2) is 43.9 Å². The molecule has 0 aliphatic heterocycles. The van der Waals surface area contributed by atoms with Crippen LogP contribution in [0.2, 0.25) is 0 Å². The maximum atomic E-state index is 14.4. The molecule has 0 saturated heterocycles. The highest BCUT2D eigenvalue weighted by molar-refractivity contribution is 5.93. The first-order valence-corrected chi connectivity index (χ1v) is 14.1. The molecular weight excluding hydrogens is 544 g/mol. The van der Waals surface area contributed by atoms with E-state index in [4.69, 9.17) is 0 Å². The van der Waals surface area contributed by atoms with Crippen molar-refractivity contribution in [2.75, 3.05) is 0 Å². The molecule has 2 amide bonds. The van der Waals surface area contributed by atoms with Crippen molar-refractivity contribution < 1.29 is 31.8 Å². The summed E-state index contributed by atoms with van der Waals surface area (Å²) < 4.78 is 59.9. The van der Waals surface area contributed by atoms with Crippen molar-refractivity contribution >= 4 is 22.8 Å². The molecule has 3 N–H and O–H groups in total. The monoisotopic (exact) mass is 576 g/mol. The first-order valence-electron chi connectivity index (χ1n) is 14.1. The van der Waals surface area contributed by atoms with Crippen LogP contribution in [0.15, 0.2) is 22.8 Å². The molecule has 2 heterocycles. The highest BCUT2D eigenvalue weighted by atomic mass is 19.3. The highest BCUT2D eigenvalue weighted by Crippen LogP contribution is 2.46. The van der Waals surface area contributed by atoms with Crippen LogP contribution in [0.3, 0.4) is 0 Å². The maximum absolute atomic E-state index is 14.4. The van der Waals surface area contributed by atoms with Crippen molar-refractivity contribution in [3.8, 4) is 0 Å². The number of hydrogen-bond acceptors (Lipinski definition) is 6. The number of amides is 2. The normalized spacial score (nSPS) is 23.5. The number of nitrogens with zero attached hydrogens (tertiary/aromatic N) is 3. The molecule has 9 nitrogen and oxygen atoms in total. The van der Waals surface area contributed by atoms with Crippen molar-refractivity contribution in [3.05, 3.63) is 41.0 Å². The van der Waals surface area contributed by atoms with E-state index in [2.05, 4.69) is 35.5 Å². The molecule has 3 aliphatic carbocycles. The van der Waals surface area contributed by atoms with Gasteiger partial charge in [0.1, 0.15) is 11.5 Å². The van der Waals surface area contributed by atoms with E-state index in [0.717, 1.165) is 18.4 Å². The molecule has 3 saturated carbocycles. The molecule has 2 aromatic heterocycles. The van der Waals surface area contributed by atoms with Crippen LogP contribution in [0.25, 0.3) is 11.0 Å². The van der Waals surface area contributed by atoms with Crippen LogP contribution in [0.1, 0.15) is 97.4 Å². The molecular formula is C28H32F4N6O3. The van der Waals surface area contributed by atoms with Gasteiger partial charge in [0.25, 0.3) is 5.91 Å². The van der Waals surface area contributed by atoms with E-state index >= 15 is 0 Å². The number of halogens is 4. The predicted octanol–water partition coefficient (Wildman–Crippen LogP) is 5.55. The Morgan fingerprint density at radius 2 is 1.80 bits per heavy atom. The number of H-pyrrole nitrogens is 1. The largest absolute Gasteiger partial charge is 0.349 e. The molecule has 0 bridgehead atoms. The number of aryl methyl sites for hydroxylation is 1. The summed E-state index contributed by atoms with van der Waals surface area (Å²) in [6.07, 6.45) is 1.67. The average Bonchev–Trinajstić information content (AvgIpc) is 3.49. The van der Waals surface area contributed by atoms with Crippen LogP contribution >= 0.6 is 0 Å². The number of imidazole rings is 1. The van der Waals surface area contributed by atoms with Gasteiger partial charge < -0.3 is 15.6 Å². The van der Waals surface area contributed by atoms with E-state index in [-0.39, 0.29) is 67.3 Å². The van der Waals surface area contributed by atoms with E-state index in [1.54, 1.807) is 13.0 Å². The quantitative estimate of drug-likeness (QED) is 0.287. The fourth-order valence-electron chi connectivity index (χ4n) is 6.27. The lowest BCUT2D eigenvalue weighted by molar-refractivity contribution is -0.134. The summed E-state index contributed by atoms with van der Waals surface area (Å²) in [7, 11) is 0. The average molecular weight is 577 g/mol. The Morgan fingerprint density at radius 3 is 2.46 bits per heavy atom. The lowest BCUT2D eigenvalue weighted by Crippen LogP contribution is -2.39. The maximum Gasteiger partial charge on any atom is 0.276 e. The second-order valence-corrected chi connectivity index (χ2v) is 12.0. The van der Waals surface area contributed by atoms with Crippen molar-refractivity contribution in [3.63, 3.8) is 0 Å². The number of rotatable bonds is 9. The zero-order chi connectivity index (χ0) is 28.9. The summed E-state index contributed by atoms with van der Waals surface area (Å²) in [5, 5.41) is 13.1. The summed E-state index contributed by atoms with van der Waals surface area (Å²) in [4.78, 5) is 33.6. The van der Waals surface area contributed by atoms with Gasteiger partial charge in [-0.15, -0.1) is 0 Å². The van der Waals surface area contributed by atoms with Crippen molar-refractivity contribution in [2.45, 2.75) is 88.6 Å². The van der Waals surface area contributed by atoms with Crippen molar-refractivity contribution in [2.24, 2.45) is 17.8 Å². The Hall–Kier alpha value is -3.51. The van der Waals surface area contributed by atoms with Gasteiger partial charge in [-0.2, -0.15) is 0 Å². The number of benzene rings is 1. The molecule has 3 aliphatic rings. The van der Waals surface area contributed by atoms with Gasteiger partial charge in [-0.1, -0.05) is 11.2 Å². The van der Waals surface area contributed by atoms with Gasteiger partial charge in [-0.3, -0.25) is 9.59 Å². The molecule has 13 heteroatoms. The Balaban J connectivity index is 1.24. The third-order valence-electron chi connectivity index (χ3n) is 8.54. The smallest absolute Gasteiger partial charge is 0.276 e. The molecule has 3 atom stereocenters. The van der Waals surface area contributed by atoms with Crippen LogP contribution < -0.4 is 10.6 Å². The van der Waals surface area contributed by atoms with E-state index in [1.807, 2.05) is 12.1 Å². The van der Waals surface area contributed by atoms with Gasteiger partial charge >= 0.3 is 0 Å². The second-order valence-electron chi connectivity index (χ2n) is 12.0. The standard InChI is InChI=1S/C28H32F4N6O3/c1-14-22(38-41-37-14)26(40)36-24(18-3-2-8-27(29,30)13-18)25-33-19-7-6-17(10-20(19)34-25)23(16-4-5-16)35-21(39)9-15-11-28(31,32)12-15/h6-7,10,15-16,18,23-24H,2-5,8-9,11-13H2,1H3,(H,33,34)(H,35,39)(H,36,40)/t18-,23?,24+/m1/s1. The molecule has 0 spiro atoms. The number of fused-ring (bicyclic) bond motifs is 1. The van der Waals surface area contributed by atoms with Gasteiger partial charge in [0, 0.05) is 32.1 Å². The van der Waals surface area contributed by atoms with Crippen LogP contribution in [0.5, 0.6) is 0 Å². The Bertz CT molecular complexity index is 1440. The number of aromatic amines is 1. The summed E-state index contributed by atoms with van der Waals surface area (Å²) >= 11 is 0. The molecule has 1 aromatic carbocycles. The molecule has 3 aromatic rings. The van der Waals surface area contributed by atoms with E-state index < -0.39 is 29.7 Å². The predicted molar refractivity (Wildman–Crippen MR) is 138 cm³/mol. The van der Waals surface area contributed by atoms with Crippen molar-refractivity contribution in [1.29, 1.82) is 0 Å². The van der Waals surface area contributed by atoms with Gasteiger partial charge in [0.15, 0.2) is 5.69 Å². The second kappa shape index (κ2) is 10.4. The van der Waals surface area contributed by atoms with E-state index in [1.165, 1.54) is 0 Å². The first kappa shape index (κ1) is 27.6. The number of aromatic nitrogens is 4. The molecule has 3 fully saturated rings. The SMILES string of the molecule is Cc1nonc1C(=O)N[C@H](c1nc2ccc(C(NC(=O)CC3CC(F)(F)C3)C3CC3)cc2[nH]1)[C@@H]1CCCC(F)(F)C1. The fraction of sp³-hybridized carbons (Fsp3) is 0.607. The van der Waals surface area contributed by atoms with Crippen LogP contribution in [0, 0.1) is 24.7 Å². The lowest BCUT2D eigenvalue weighted by atomic mass is 9.79. The number of carbonyl (C=O) groups is 2. The molecule has 6 rings (SSSR count). The van der Waals surface area contributed by atoms with E-state index in [0.29, 0.717) is 29.7 Å². The lowest BCUT2D eigenvalue weighted by Gasteiger charge is -2.34. The zero-order valence-corrected chi connectivity index (χ0v) is 22.6. The van der Waals surface area contributed by atoms with Gasteiger partial charge in [-0.25, -0.2) is 27.2 Å². The minimum atomic E-state index is -2.85. The number of hydrogen-bond donors (Lipinski definition) is 3. The Kier molecular flexibility index (Phi) is 7.01. The number of alkyl halides is 4. The molecule has 1 unspecified atom stereocenters. The Morgan fingerprint density at radius 1 is 1.02 bits per heavy atom. The minimum absolute atomic E-state index is 0.0235. The van der Waals surface area contributed by atoms with Gasteiger partial charge in [-0.05, 0) is 73.2 Å². The number of nitrogens with one attached hydrogen (secondary N) is 3. The fourth-order valence-corrected chi connectivity index (χ4v) is 6.27. The van der Waals surface area contributed by atoms with Gasteiger partial charge in [0.05, 0.1) is 23.1 Å². The minimum Gasteiger partial charge on any atom is -0.349 e. The van der Waals surface area contributed by atoms with Crippen molar-refractivity contribution in [1.82, 2.24) is 30.9 Å². The molecule has 220 valence electrons. The highest BCUT2D eigenvalue weighted by Gasteiger charge is 2.46.